The average molecular weight is 201 g/mol. The predicted octanol–water partition coefficient (Wildman–Crippen LogP) is 1.75. The van der Waals surface area contributed by atoms with Gasteiger partial charge in [-0.05, 0) is 0 Å². The van der Waals surface area contributed by atoms with Crippen LogP contribution in [0.15, 0.2) is 30.3 Å². The molecule has 0 unspecified atom stereocenters. The second kappa shape index (κ2) is 5.02. The normalized spacial score (nSPS) is 11.6. The molecule has 0 aliphatic rings. The van der Waals surface area contributed by atoms with E-state index in [1.807, 2.05) is 0 Å². The van der Waals surface area contributed by atoms with Crippen molar-refractivity contribution < 1.29 is 13.5 Å². The number of rotatable bonds is 5. The summed E-state index contributed by atoms with van der Waals surface area (Å²) in [6, 6.07) is 7.61. The van der Waals surface area contributed by atoms with E-state index in [1.54, 1.807) is 18.2 Å². The molecule has 0 atom stereocenters. The Balaban J connectivity index is 2.56. The maximum Gasteiger partial charge on any atom is 0.296 e. The monoisotopic (exact) mass is 201 g/mol. The van der Waals surface area contributed by atoms with Gasteiger partial charge in [-0.1, -0.05) is 30.3 Å². The molecule has 0 aliphatic heterocycles. The molecule has 2 nitrogen and oxygen atoms in total. The average Bonchev–Trinajstić information content (AvgIpc) is 2.19. The van der Waals surface area contributed by atoms with E-state index in [2.05, 4.69) is 0 Å². The van der Waals surface area contributed by atoms with Crippen LogP contribution in [0.25, 0.3) is 0 Å². The summed E-state index contributed by atoms with van der Waals surface area (Å²) in [7, 11) is 0. The third-order valence-corrected chi connectivity index (χ3v) is 1.74. The van der Waals surface area contributed by atoms with Crippen molar-refractivity contribution in [1.29, 1.82) is 0 Å². The third-order valence-electron chi connectivity index (χ3n) is 1.74. The van der Waals surface area contributed by atoms with Crippen LogP contribution in [-0.2, 0) is 10.7 Å². The maximum absolute atomic E-state index is 13.3. The Morgan fingerprint density at radius 1 is 1.21 bits per heavy atom. The van der Waals surface area contributed by atoms with E-state index < -0.39 is 12.5 Å². The first-order valence-electron chi connectivity index (χ1n) is 4.38. The number of halogens is 2. The summed E-state index contributed by atoms with van der Waals surface area (Å²) in [4.78, 5) is 0. The number of hydrogen-bond donors (Lipinski definition) is 1. The molecule has 0 aliphatic carbocycles. The Labute approximate surface area is 81.7 Å². The Kier molecular flexibility index (Phi) is 3.98. The third kappa shape index (κ3) is 3.05. The highest BCUT2D eigenvalue weighted by Gasteiger charge is 2.31. The molecule has 0 saturated heterocycles. The number of hydrogen-bond acceptors (Lipinski definition) is 2. The largest absolute Gasteiger partial charge is 0.373 e. The van der Waals surface area contributed by atoms with Gasteiger partial charge in [0.2, 0.25) is 0 Å². The van der Waals surface area contributed by atoms with Crippen molar-refractivity contribution in [3.8, 4) is 0 Å². The molecule has 0 heterocycles. The molecule has 4 heteroatoms. The molecule has 78 valence electrons. The molecule has 0 amide bonds. The van der Waals surface area contributed by atoms with E-state index in [1.165, 1.54) is 12.1 Å². The summed E-state index contributed by atoms with van der Waals surface area (Å²) in [5.41, 5.74) is 5.10. The lowest BCUT2D eigenvalue weighted by atomic mass is 10.1. The summed E-state index contributed by atoms with van der Waals surface area (Å²) >= 11 is 0. The van der Waals surface area contributed by atoms with Crippen molar-refractivity contribution in [2.75, 3.05) is 19.8 Å². The van der Waals surface area contributed by atoms with Gasteiger partial charge < -0.3 is 10.5 Å². The predicted molar refractivity (Wildman–Crippen MR) is 50.2 cm³/mol. The standard InChI is InChI=1S/C10H13F2NO/c11-10(12,8-14-7-6-13)9-4-2-1-3-5-9/h1-5H,6-8,13H2. The maximum atomic E-state index is 13.3. The van der Waals surface area contributed by atoms with Crippen molar-refractivity contribution in [2.45, 2.75) is 5.92 Å². The van der Waals surface area contributed by atoms with Gasteiger partial charge in [-0.3, -0.25) is 0 Å². The molecule has 1 aromatic carbocycles. The number of nitrogens with two attached hydrogens (primary N) is 1. The second-order valence-electron chi connectivity index (χ2n) is 2.91. The van der Waals surface area contributed by atoms with Gasteiger partial charge in [0.1, 0.15) is 6.61 Å². The summed E-state index contributed by atoms with van der Waals surface area (Å²) in [6.07, 6.45) is 0. The molecular formula is C10H13F2NO. The van der Waals surface area contributed by atoms with Crippen LogP contribution in [0, 0.1) is 0 Å². The van der Waals surface area contributed by atoms with Crippen LogP contribution in [0.3, 0.4) is 0 Å². The Morgan fingerprint density at radius 3 is 2.43 bits per heavy atom. The quantitative estimate of drug-likeness (QED) is 0.736. The van der Waals surface area contributed by atoms with E-state index in [4.69, 9.17) is 10.5 Å². The van der Waals surface area contributed by atoms with Crippen LogP contribution < -0.4 is 5.73 Å². The van der Waals surface area contributed by atoms with E-state index in [0.29, 0.717) is 0 Å². The lowest BCUT2D eigenvalue weighted by Crippen LogP contribution is -2.23. The van der Waals surface area contributed by atoms with E-state index >= 15 is 0 Å². The van der Waals surface area contributed by atoms with E-state index in [-0.39, 0.29) is 18.7 Å². The van der Waals surface area contributed by atoms with Crippen LogP contribution in [0.5, 0.6) is 0 Å². The summed E-state index contributed by atoms with van der Waals surface area (Å²) in [6.45, 7) is -0.207. The number of alkyl halides is 2. The zero-order valence-corrected chi connectivity index (χ0v) is 7.75. The summed E-state index contributed by atoms with van der Waals surface area (Å²) in [5, 5.41) is 0. The highest BCUT2D eigenvalue weighted by atomic mass is 19.3. The molecule has 0 aromatic heterocycles. The summed E-state index contributed by atoms with van der Waals surface area (Å²) in [5.74, 6) is -2.93. The van der Waals surface area contributed by atoms with Gasteiger partial charge >= 0.3 is 0 Å². The molecule has 1 aromatic rings. The highest BCUT2D eigenvalue weighted by molar-refractivity contribution is 5.19. The molecule has 0 radical (unpaired) electrons. The topological polar surface area (TPSA) is 35.2 Å². The highest BCUT2D eigenvalue weighted by Crippen LogP contribution is 2.27. The smallest absolute Gasteiger partial charge is 0.296 e. The van der Waals surface area contributed by atoms with Crippen LogP contribution >= 0.6 is 0 Å². The van der Waals surface area contributed by atoms with Crippen LogP contribution in [-0.4, -0.2) is 19.8 Å². The van der Waals surface area contributed by atoms with Gasteiger partial charge in [-0.2, -0.15) is 8.78 Å². The van der Waals surface area contributed by atoms with Gasteiger partial charge in [0, 0.05) is 12.1 Å². The zero-order valence-electron chi connectivity index (χ0n) is 7.75. The Morgan fingerprint density at radius 2 is 1.86 bits per heavy atom. The minimum Gasteiger partial charge on any atom is -0.373 e. The van der Waals surface area contributed by atoms with Gasteiger partial charge in [-0.15, -0.1) is 0 Å². The molecule has 0 bridgehead atoms. The number of ether oxygens (including phenoxy) is 1. The van der Waals surface area contributed by atoms with Gasteiger partial charge in [0.25, 0.3) is 5.92 Å². The molecule has 14 heavy (non-hydrogen) atoms. The molecular weight excluding hydrogens is 188 g/mol. The lowest BCUT2D eigenvalue weighted by Gasteiger charge is -2.16. The van der Waals surface area contributed by atoms with E-state index in [0.717, 1.165) is 0 Å². The first-order chi connectivity index (χ1) is 6.67. The van der Waals surface area contributed by atoms with Crippen molar-refractivity contribution in [2.24, 2.45) is 5.73 Å². The van der Waals surface area contributed by atoms with Gasteiger partial charge in [0.15, 0.2) is 0 Å². The van der Waals surface area contributed by atoms with E-state index in [9.17, 15) is 8.78 Å². The fraction of sp³-hybridized carbons (Fsp3) is 0.400. The first-order valence-corrected chi connectivity index (χ1v) is 4.38. The van der Waals surface area contributed by atoms with Crippen molar-refractivity contribution in [3.63, 3.8) is 0 Å². The molecule has 0 spiro atoms. The molecule has 1 rings (SSSR count). The fourth-order valence-corrected chi connectivity index (χ4v) is 1.05. The molecule has 2 N–H and O–H groups in total. The fourth-order valence-electron chi connectivity index (χ4n) is 1.05. The summed E-state index contributed by atoms with van der Waals surface area (Å²) < 4.78 is 31.4. The number of benzene rings is 1. The SMILES string of the molecule is NCCOCC(F)(F)c1ccccc1. The van der Waals surface area contributed by atoms with Crippen molar-refractivity contribution in [1.82, 2.24) is 0 Å². The van der Waals surface area contributed by atoms with Gasteiger partial charge in [-0.25, -0.2) is 0 Å². The Bertz CT molecular complexity index is 264. The van der Waals surface area contributed by atoms with Crippen molar-refractivity contribution >= 4 is 0 Å². The zero-order chi connectivity index (χ0) is 10.4. The van der Waals surface area contributed by atoms with Gasteiger partial charge in [0.05, 0.1) is 6.61 Å². The van der Waals surface area contributed by atoms with Crippen LogP contribution in [0.1, 0.15) is 5.56 Å². The second-order valence-corrected chi connectivity index (χ2v) is 2.91. The molecule has 0 saturated carbocycles. The first kappa shape index (κ1) is 11.1. The van der Waals surface area contributed by atoms with Crippen LogP contribution in [0.4, 0.5) is 8.78 Å². The minimum absolute atomic E-state index is 0.0305. The van der Waals surface area contributed by atoms with Crippen LogP contribution in [0.2, 0.25) is 0 Å². The van der Waals surface area contributed by atoms with Crippen molar-refractivity contribution in [3.05, 3.63) is 35.9 Å². The molecule has 0 fully saturated rings. The Hall–Kier alpha value is -1.00. The minimum atomic E-state index is -2.93. The lowest BCUT2D eigenvalue weighted by molar-refractivity contribution is -0.0810.